The highest BCUT2D eigenvalue weighted by molar-refractivity contribution is 9.11. The average Bonchev–Trinajstić information content (AvgIpc) is 2.86. The molecule has 1 saturated heterocycles. The molecule has 8 heteroatoms. The van der Waals surface area contributed by atoms with Crippen LogP contribution in [0.25, 0.3) is 0 Å². The van der Waals surface area contributed by atoms with Crippen LogP contribution in [-0.4, -0.2) is 45.4 Å². The fourth-order valence-electron chi connectivity index (χ4n) is 2.29. The van der Waals surface area contributed by atoms with Gasteiger partial charge in [-0.25, -0.2) is 8.42 Å². The van der Waals surface area contributed by atoms with Crippen LogP contribution >= 0.6 is 27.3 Å². The predicted molar refractivity (Wildman–Crippen MR) is 81.1 cm³/mol. The second-order valence-electron chi connectivity index (χ2n) is 4.95. The molecular formula is C12H17BrN3O2S2+. The number of thiophene rings is 1. The van der Waals surface area contributed by atoms with Crippen LogP contribution in [-0.2, 0) is 10.0 Å². The van der Waals surface area contributed by atoms with Crippen molar-refractivity contribution in [3.05, 3.63) is 15.9 Å². The fourth-order valence-corrected chi connectivity index (χ4v) is 5.89. The molecular weight excluding hydrogens is 362 g/mol. The van der Waals surface area contributed by atoms with Gasteiger partial charge in [-0.3, -0.25) is 0 Å². The molecule has 1 aliphatic heterocycles. The second kappa shape index (κ2) is 6.54. The van der Waals surface area contributed by atoms with Crippen LogP contribution in [0.5, 0.6) is 0 Å². The first kappa shape index (κ1) is 15.9. The lowest BCUT2D eigenvalue weighted by Crippen LogP contribution is -3.15. The van der Waals surface area contributed by atoms with Crippen molar-refractivity contribution in [2.45, 2.75) is 11.1 Å². The highest BCUT2D eigenvalue weighted by Gasteiger charge is 2.31. The van der Waals surface area contributed by atoms with Crippen LogP contribution in [0.4, 0.5) is 0 Å². The highest BCUT2D eigenvalue weighted by atomic mass is 79.9. The summed E-state index contributed by atoms with van der Waals surface area (Å²) < 4.78 is 27.6. The number of hydrogen-bond acceptors (Lipinski definition) is 4. The molecule has 1 fully saturated rings. The maximum Gasteiger partial charge on any atom is 0.252 e. The standard InChI is InChI=1S/C12H16BrN3O2S2/c1-10(8-14)9-15-4-6-16(7-5-15)20(17,18)12-3-2-11(13)19-12/h2-3,10H,4-7,9H2,1H3/p+1/t10-/m0/s1. The van der Waals surface area contributed by atoms with Crippen LogP contribution < -0.4 is 4.90 Å². The minimum absolute atomic E-state index is 0.0152. The van der Waals surface area contributed by atoms with E-state index in [1.54, 1.807) is 16.4 Å². The summed E-state index contributed by atoms with van der Waals surface area (Å²) in [5.41, 5.74) is 0. The van der Waals surface area contributed by atoms with Crippen molar-refractivity contribution in [3.63, 3.8) is 0 Å². The highest BCUT2D eigenvalue weighted by Crippen LogP contribution is 2.28. The third-order valence-electron chi connectivity index (χ3n) is 3.39. The zero-order chi connectivity index (χ0) is 14.8. The maximum absolute atomic E-state index is 12.4. The molecule has 2 rings (SSSR count). The number of sulfonamides is 1. The average molecular weight is 379 g/mol. The molecule has 0 bridgehead atoms. The van der Waals surface area contributed by atoms with Gasteiger partial charge in [0.1, 0.15) is 4.21 Å². The monoisotopic (exact) mass is 378 g/mol. The molecule has 20 heavy (non-hydrogen) atoms. The van der Waals surface area contributed by atoms with Crippen molar-refractivity contribution in [2.24, 2.45) is 5.92 Å². The van der Waals surface area contributed by atoms with E-state index in [-0.39, 0.29) is 5.92 Å². The van der Waals surface area contributed by atoms with Gasteiger partial charge in [0.2, 0.25) is 0 Å². The van der Waals surface area contributed by atoms with Crippen molar-refractivity contribution < 1.29 is 13.3 Å². The Morgan fingerprint density at radius 3 is 2.65 bits per heavy atom. The van der Waals surface area contributed by atoms with Gasteiger partial charge in [-0.15, -0.1) is 11.3 Å². The van der Waals surface area contributed by atoms with Crippen molar-refractivity contribution in [2.75, 3.05) is 32.7 Å². The van der Waals surface area contributed by atoms with Crippen molar-refractivity contribution >= 4 is 37.3 Å². The van der Waals surface area contributed by atoms with Gasteiger partial charge in [0, 0.05) is 0 Å². The summed E-state index contributed by atoms with van der Waals surface area (Å²) in [4.78, 5) is 1.30. The Morgan fingerprint density at radius 2 is 2.15 bits per heavy atom. The lowest BCUT2D eigenvalue weighted by atomic mass is 10.2. The van der Waals surface area contributed by atoms with Gasteiger partial charge in [0.15, 0.2) is 0 Å². The summed E-state index contributed by atoms with van der Waals surface area (Å²) in [7, 11) is -3.36. The first-order valence-electron chi connectivity index (χ1n) is 6.42. The lowest BCUT2D eigenvalue weighted by Gasteiger charge is -2.31. The summed E-state index contributed by atoms with van der Waals surface area (Å²) in [6.07, 6.45) is 0. The molecule has 0 radical (unpaired) electrons. The van der Waals surface area contributed by atoms with Gasteiger partial charge in [0.05, 0.1) is 48.5 Å². The zero-order valence-electron chi connectivity index (χ0n) is 11.2. The number of nitriles is 1. The zero-order valence-corrected chi connectivity index (χ0v) is 14.4. The Bertz CT molecular complexity index is 600. The third-order valence-corrected chi connectivity index (χ3v) is 7.38. The van der Waals surface area contributed by atoms with E-state index in [0.717, 1.165) is 23.4 Å². The minimum atomic E-state index is -3.36. The number of halogens is 1. The molecule has 0 spiro atoms. The van der Waals surface area contributed by atoms with E-state index < -0.39 is 10.0 Å². The molecule has 2 heterocycles. The molecule has 5 nitrogen and oxygen atoms in total. The van der Waals surface area contributed by atoms with Gasteiger partial charge in [-0.05, 0) is 35.0 Å². The summed E-state index contributed by atoms with van der Waals surface area (Å²) in [6.45, 7) is 5.25. The Morgan fingerprint density at radius 1 is 1.50 bits per heavy atom. The molecule has 0 aromatic carbocycles. The molecule has 0 amide bonds. The van der Waals surface area contributed by atoms with Gasteiger partial charge in [0.25, 0.3) is 10.0 Å². The van der Waals surface area contributed by atoms with Crippen molar-refractivity contribution in [1.82, 2.24) is 4.31 Å². The van der Waals surface area contributed by atoms with Crippen LogP contribution in [0.15, 0.2) is 20.1 Å². The number of nitrogens with one attached hydrogen (secondary N) is 1. The smallest absolute Gasteiger partial charge is 0.252 e. The van der Waals surface area contributed by atoms with E-state index in [2.05, 4.69) is 22.0 Å². The van der Waals surface area contributed by atoms with E-state index in [9.17, 15) is 8.42 Å². The Kier molecular flexibility index (Phi) is 5.20. The van der Waals surface area contributed by atoms with Crippen LogP contribution in [0.3, 0.4) is 0 Å². The quantitative estimate of drug-likeness (QED) is 0.832. The Labute approximate surface area is 132 Å². The maximum atomic E-state index is 12.4. The first-order chi connectivity index (χ1) is 9.43. The molecule has 110 valence electrons. The third kappa shape index (κ3) is 3.59. The van der Waals surface area contributed by atoms with Crippen LogP contribution in [0.2, 0.25) is 0 Å². The minimum Gasteiger partial charge on any atom is -0.332 e. The first-order valence-corrected chi connectivity index (χ1v) is 9.47. The predicted octanol–water partition coefficient (Wildman–Crippen LogP) is 0.559. The molecule has 0 unspecified atom stereocenters. The van der Waals surface area contributed by atoms with Gasteiger partial charge in [-0.2, -0.15) is 9.57 Å². The van der Waals surface area contributed by atoms with Crippen molar-refractivity contribution in [1.29, 1.82) is 5.26 Å². The number of piperazine rings is 1. The SMILES string of the molecule is C[C@@H](C#N)C[NH+]1CCN(S(=O)(=O)c2ccc(Br)s2)CC1. The Balaban J connectivity index is 1.99. The molecule has 1 aromatic heterocycles. The van der Waals surface area contributed by atoms with E-state index in [1.165, 1.54) is 16.2 Å². The summed E-state index contributed by atoms with van der Waals surface area (Å²) in [5, 5.41) is 8.82. The molecule has 1 aliphatic rings. The largest absolute Gasteiger partial charge is 0.332 e. The number of quaternary nitrogens is 1. The van der Waals surface area contributed by atoms with Crippen molar-refractivity contribution in [3.8, 4) is 6.07 Å². The summed E-state index contributed by atoms with van der Waals surface area (Å²) in [5.74, 6) is 0.0152. The second-order valence-corrected chi connectivity index (χ2v) is 9.57. The van der Waals surface area contributed by atoms with E-state index in [0.29, 0.717) is 17.3 Å². The molecule has 1 aromatic rings. The molecule has 1 atom stereocenters. The topological polar surface area (TPSA) is 65.6 Å². The fraction of sp³-hybridized carbons (Fsp3) is 0.583. The lowest BCUT2D eigenvalue weighted by molar-refractivity contribution is -0.905. The van der Waals surface area contributed by atoms with Gasteiger partial charge in [-0.1, -0.05) is 0 Å². The van der Waals surface area contributed by atoms with Gasteiger partial charge >= 0.3 is 0 Å². The number of nitrogens with zero attached hydrogens (tertiary/aromatic N) is 2. The van der Waals surface area contributed by atoms with E-state index in [1.807, 2.05) is 6.92 Å². The van der Waals surface area contributed by atoms with Gasteiger partial charge < -0.3 is 4.90 Å². The van der Waals surface area contributed by atoms with Crippen LogP contribution in [0, 0.1) is 17.2 Å². The molecule has 1 N–H and O–H groups in total. The molecule has 0 aliphatic carbocycles. The number of hydrogen-bond donors (Lipinski definition) is 1. The van der Waals surface area contributed by atoms with Crippen LogP contribution in [0.1, 0.15) is 6.92 Å². The van der Waals surface area contributed by atoms with E-state index in [4.69, 9.17) is 5.26 Å². The summed E-state index contributed by atoms with van der Waals surface area (Å²) >= 11 is 4.53. The molecule has 0 saturated carbocycles. The number of rotatable bonds is 4. The van der Waals surface area contributed by atoms with E-state index >= 15 is 0 Å². The summed E-state index contributed by atoms with van der Waals surface area (Å²) in [6, 6.07) is 5.62. The Hall–Kier alpha value is -0.460. The normalized spacial score (nSPS) is 19.6.